The molecule has 1 N–H and O–H groups in total. The molecule has 2 aromatic carbocycles. The molecule has 33 heavy (non-hydrogen) atoms. The number of hydrogen-bond donors (Lipinski definition) is 1. The van der Waals surface area contributed by atoms with E-state index in [9.17, 15) is 9.59 Å². The zero-order valence-corrected chi connectivity index (χ0v) is 20.0. The Morgan fingerprint density at radius 1 is 1.15 bits per heavy atom. The van der Waals surface area contributed by atoms with Gasteiger partial charge in [0.25, 0.3) is 5.91 Å². The molecule has 1 atom stereocenters. The molecule has 7 nitrogen and oxygen atoms in total. The number of carbonyl (C=O) groups is 2. The standard InChI is InChI=1S/C26H34N4O3/c1-5-13-27-26(32)29(14-15-33-4)18-25(31)30-24(21-9-7-6-8-10-21)17-23(28-30)22-12-11-19(2)20(3)16-22/h6-12,16,24H,5,13-15,17-18H2,1-4H3,(H,27,32)/t24-/m1/s1. The summed E-state index contributed by atoms with van der Waals surface area (Å²) in [6, 6.07) is 15.7. The van der Waals surface area contributed by atoms with Crippen LogP contribution in [0, 0.1) is 13.8 Å². The Morgan fingerprint density at radius 2 is 1.91 bits per heavy atom. The molecule has 1 aliphatic rings. The zero-order chi connectivity index (χ0) is 23.8. The first kappa shape index (κ1) is 24.5. The quantitative estimate of drug-likeness (QED) is 0.626. The van der Waals surface area contributed by atoms with E-state index in [1.807, 2.05) is 37.3 Å². The molecule has 0 unspecified atom stereocenters. The summed E-state index contributed by atoms with van der Waals surface area (Å²) in [7, 11) is 1.58. The molecule has 1 heterocycles. The number of hydrazone groups is 1. The van der Waals surface area contributed by atoms with Crippen molar-refractivity contribution >= 4 is 17.6 Å². The number of methoxy groups -OCH3 is 1. The maximum atomic E-state index is 13.4. The van der Waals surface area contributed by atoms with Crippen molar-refractivity contribution in [1.29, 1.82) is 0 Å². The van der Waals surface area contributed by atoms with E-state index in [1.165, 1.54) is 16.0 Å². The molecule has 176 valence electrons. The second-order valence-electron chi connectivity index (χ2n) is 8.36. The Bertz CT molecular complexity index is 990. The largest absolute Gasteiger partial charge is 0.383 e. The van der Waals surface area contributed by atoms with Gasteiger partial charge in [0.2, 0.25) is 0 Å². The third-order valence-electron chi connectivity index (χ3n) is 5.90. The lowest BCUT2D eigenvalue weighted by Gasteiger charge is -2.27. The molecular weight excluding hydrogens is 416 g/mol. The van der Waals surface area contributed by atoms with Crippen LogP contribution in [0.1, 0.15) is 48.1 Å². The van der Waals surface area contributed by atoms with Crippen LogP contribution in [0.3, 0.4) is 0 Å². The third kappa shape index (κ3) is 6.20. The number of carbonyl (C=O) groups excluding carboxylic acids is 2. The number of hydrogen-bond acceptors (Lipinski definition) is 4. The predicted octanol–water partition coefficient (Wildman–Crippen LogP) is 4.05. The van der Waals surface area contributed by atoms with E-state index in [0.29, 0.717) is 26.1 Å². The van der Waals surface area contributed by atoms with Crippen molar-refractivity contribution in [3.8, 4) is 0 Å². The fourth-order valence-corrected chi connectivity index (χ4v) is 3.80. The fraction of sp³-hybridized carbons (Fsp3) is 0.423. The molecule has 0 radical (unpaired) electrons. The average molecular weight is 451 g/mol. The summed E-state index contributed by atoms with van der Waals surface area (Å²) in [6.45, 7) is 7.32. The average Bonchev–Trinajstić information content (AvgIpc) is 3.28. The smallest absolute Gasteiger partial charge is 0.317 e. The first-order valence-corrected chi connectivity index (χ1v) is 11.5. The van der Waals surface area contributed by atoms with Gasteiger partial charge in [0.05, 0.1) is 18.4 Å². The number of aryl methyl sites for hydroxylation is 2. The van der Waals surface area contributed by atoms with Crippen molar-refractivity contribution in [3.63, 3.8) is 0 Å². The molecule has 0 saturated heterocycles. The Hall–Kier alpha value is -3.19. The summed E-state index contributed by atoms with van der Waals surface area (Å²) in [6.07, 6.45) is 1.45. The van der Waals surface area contributed by atoms with Crippen molar-refractivity contribution in [1.82, 2.24) is 15.2 Å². The Kier molecular flexibility index (Phi) is 8.60. The molecule has 3 amide bonds. The monoisotopic (exact) mass is 450 g/mol. The number of nitrogens with zero attached hydrogens (tertiary/aromatic N) is 3. The Balaban J connectivity index is 1.87. The lowest BCUT2D eigenvalue weighted by Crippen LogP contribution is -2.47. The van der Waals surface area contributed by atoms with Crippen LogP contribution in [0.2, 0.25) is 0 Å². The summed E-state index contributed by atoms with van der Waals surface area (Å²) in [5.74, 6) is -0.217. The number of rotatable bonds is 9. The fourth-order valence-electron chi connectivity index (χ4n) is 3.80. The highest BCUT2D eigenvalue weighted by Gasteiger charge is 2.34. The normalized spacial score (nSPS) is 15.3. The highest BCUT2D eigenvalue weighted by atomic mass is 16.5. The van der Waals surface area contributed by atoms with Gasteiger partial charge in [-0.1, -0.05) is 49.4 Å². The molecule has 0 spiro atoms. The van der Waals surface area contributed by atoms with Gasteiger partial charge in [-0.05, 0) is 48.6 Å². The summed E-state index contributed by atoms with van der Waals surface area (Å²) in [5.41, 5.74) is 5.32. The number of ether oxygens (including phenoxy) is 1. The second kappa shape index (κ2) is 11.6. The third-order valence-corrected chi connectivity index (χ3v) is 5.90. The van der Waals surface area contributed by atoms with Gasteiger partial charge >= 0.3 is 6.03 Å². The SMILES string of the molecule is CCCNC(=O)N(CCOC)CC(=O)N1N=C(c2ccc(C)c(C)c2)C[C@@H]1c1ccccc1. The van der Waals surface area contributed by atoms with E-state index >= 15 is 0 Å². The molecule has 0 fully saturated rings. The maximum absolute atomic E-state index is 13.4. The van der Waals surface area contributed by atoms with Gasteiger partial charge in [0, 0.05) is 26.6 Å². The lowest BCUT2D eigenvalue weighted by atomic mass is 9.96. The highest BCUT2D eigenvalue weighted by molar-refractivity contribution is 6.03. The molecule has 0 aliphatic carbocycles. The van der Waals surface area contributed by atoms with Gasteiger partial charge in [0.1, 0.15) is 6.54 Å². The number of benzene rings is 2. The topological polar surface area (TPSA) is 74.2 Å². The maximum Gasteiger partial charge on any atom is 0.317 e. The van der Waals surface area contributed by atoms with Gasteiger partial charge in [-0.25, -0.2) is 9.80 Å². The van der Waals surface area contributed by atoms with Crippen LogP contribution in [0.4, 0.5) is 4.79 Å². The molecule has 3 rings (SSSR count). The van der Waals surface area contributed by atoms with Crippen molar-refractivity contribution < 1.29 is 14.3 Å². The number of nitrogens with one attached hydrogen (secondary N) is 1. The Morgan fingerprint density at radius 3 is 2.58 bits per heavy atom. The van der Waals surface area contributed by atoms with Crippen molar-refractivity contribution in [3.05, 3.63) is 70.8 Å². The number of amides is 3. The van der Waals surface area contributed by atoms with Gasteiger partial charge in [-0.2, -0.15) is 5.10 Å². The molecule has 0 saturated carbocycles. The van der Waals surface area contributed by atoms with Crippen LogP contribution < -0.4 is 5.32 Å². The second-order valence-corrected chi connectivity index (χ2v) is 8.36. The van der Waals surface area contributed by atoms with Crippen LogP contribution in [0.15, 0.2) is 53.6 Å². The van der Waals surface area contributed by atoms with Gasteiger partial charge in [-0.3, -0.25) is 4.79 Å². The summed E-state index contributed by atoms with van der Waals surface area (Å²) in [4.78, 5) is 27.5. The van der Waals surface area contributed by atoms with Gasteiger partial charge < -0.3 is 15.0 Å². The Labute approximate surface area is 196 Å². The van der Waals surface area contributed by atoms with Gasteiger partial charge in [-0.15, -0.1) is 0 Å². The zero-order valence-electron chi connectivity index (χ0n) is 20.0. The predicted molar refractivity (Wildman–Crippen MR) is 130 cm³/mol. The van der Waals surface area contributed by atoms with E-state index in [4.69, 9.17) is 9.84 Å². The minimum Gasteiger partial charge on any atom is -0.383 e. The number of urea groups is 1. The first-order valence-electron chi connectivity index (χ1n) is 11.5. The van der Waals surface area contributed by atoms with E-state index < -0.39 is 0 Å². The molecule has 7 heteroatoms. The first-order chi connectivity index (χ1) is 15.9. The highest BCUT2D eigenvalue weighted by Crippen LogP contribution is 2.33. The summed E-state index contributed by atoms with van der Waals surface area (Å²) in [5, 5.41) is 9.15. The minimum absolute atomic E-state index is 0.0635. The van der Waals surface area contributed by atoms with Crippen LogP contribution in [0.25, 0.3) is 0 Å². The lowest BCUT2D eigenvalue weighted by molar-refractivity contribution is -0.133. The van der Waals surface area contributed by atoms with Crippen molar-refractivity contribution in [2.24, 2.45) is 5.10 Å². The van der Waals surface area contributed by atoms with Crippen molar-refractivity contribution in [2.45, 2.75) is 39.7 Å². The van der Waals surface area contributed by atoms with Crippen LogP contribution >= 0.6 is 0 Å². The molecule has 0 bridgehead atoms. The summed E-state index contributed by atoms with van der Waals surface area (Å²) >= 11 is 0. The minimum atomic E-state index is -0.268. The van der Waals surface area contributed by atoms with Crippen LogP contribution in [-0.2, 0) is 9.53 Å². The molecule has 1 aliphatic heterocycles. The van der Waals surface area contributed by atoms with Crippen molar-refractivity contribution in [2.75, 3.05) is 33.4 Å². The van der Waals surface area contributed by atoms with Crippen LogP contribution in [-0.4, -0.2) is 60.9 Å². The van der Waals surface area contributed by atoms with Crippen LogP contribution in [0.5, 0.6) is 0 Å². The van der Waals surface area contributed by atoms with E-state index in [0.717, 1.165) is 23.3 Å². The molecular formula is C26H34N4O3. The van der Waals surface area contributed by atoms with E-state index in [2.05, 4.69) is 37.4 Å². The summed E-state index contributed by atoms with van der Waals surface area (Å²) < 4.78 is 5.15. The molecule has 0 aromatic heterocycles. The van der Waals surface area contributed by atoms with E-state index in [-0.39, 0.29) is 24.5 Å². The van der Waals surface area contributed by atoms with E-state index in [1.54, 1.807) is 12.1 Å². The molecule has 2 aromatic rings. The van der Waals surface area contributed by atoms with Gasteiger partial charge in [0.15, 0.2) is 0 Å².